The summed E-state index contributed by atoms with van der Waals surface area (Å²) < 4.78 is 14.8. The van der Waals surface area contributed by atoms with E-state index in [0.29, 0.717) is 13.2 Å². The van der Waals surface area contributed by atoms with Crippen LogP contribution in [0.1, 0.15) is 6.92 Å². The van der Waals surface area contributed by atoms with Crippen molar-refractivity contribution in [3.63, 3.8) is 0 Å². The van der Waals surface area contributed by atoms with Gasteiger partial charge in [-0.25, -0.2) is 9.59 Å². The molecule has 0 radical (unpaired) electrons. The van der Waals surface area contributed by atoms with Crippen LogP contribution in [0, 0.1) is 0 Å². The maximum Gasteiger partial charge on any atom is 0.336 e. The number of ether oxygens (including phenoxy) is 3. The van der Waals surface area contributed by atoms with Gasteiger partial charge in [0.05, 0.1) is 26.4 Å². The molecule has 18 heavy (non-hydrogen) atoms. The fraction of sp³-hybridized carbons (Fsp3) is 0.636. The molecule has 0 aromatic rings. The number of carboxylic acid groups (broad SMARTS) is 2. The van der Waals surface area contributed by atoms with E-state index < -0.39 is 18.0 Å². The molecule has 0 heterocycles. The van der Waals surface area contributed by atoms with E-state index in [1.54, 1.807) is 7.11 Å². The maximum atomic E-state index is 10.8. The van der Waals surface area contributed by atoms with Crippen LogP contribution in [0.25, 0.3) is 0 Å². The Hall–Kier alpha value is -1.44. The molecular weight excluding hydrogens is 244 g/mol. The molecule has 1 unspecified atom stereocenters. The van der Waals surface area contributed by atoms with E-state index in [9.17, 15) is 9.59 Å². The van der Waals surface area contributed by atoms with Crippen LogP contribution in [0.3, 0.4) is 0 Å². The maximum absolute atomic E-state index is 10.8. The molecule has 0 aromatic heterocycles. The minimum Gasteiger partial charge on any atom is -0.479 e. The van der Waals surface area contributed by atoms with Crippen molar-refractivity contribution in [1.29, 1.82) is 0 Å². The first-order chi connectivity index (χ1) is 8.49. The molecule has 2 N–H and O–H groups in total. The summed E-state index contributed by atoms with van der Waals surface area (Å²) in [5.41, 5.74) is -0.0808. The van der Waals surface area contributed by atoms with Crippen LogP contribution in [0.4, 0.5) is 0 Å². The van der Waals surface area contributed by atoms with Crippen molar-refractivity contribution in [1.82, 2.24) is 0 Å². The van der Waals surface area contributed by atoms with Gasteiger partial charge in [-0.05, 0) is 13.0 Å². The predicted octanol–water partition coefficient (Wildman–Crippen LogP) is 0.150. The fourth-order valence-corrected chi connectivity index (χ4v) is 0.967. The Morgan fingerprint density at radius 2 is 1.78 bits per heavy atom. The molecule has 0 aliphatic rings. The lowest BCUT2D eigenvalue weighted by molar-refractivity contribution is -0.148. The molecule has 104 valence electrons. The van der Waals surface area contributed by atoms with Gasteiger partial charge in [-0.15, -0.1) is 0 Å². The minimum absolute atomic E-state index is 0.0596. The zero-order chi connectivity index (χ0) is 14.0. The van der Waals surface area contributed by atoms with Gasteiger partial charge in [-0.1, -0.05) is 0 Å². The number of hydrogen-bond acceptors (Lipinski definition) is 5. The summed E-state index contributed by atoms with van der Waals surface area (Å²) in [5, 5.41) is 17.4. The van der Waals surface area contributed by atoms with Crippen molar-refractivity contribution in [2.24, 2.45) is 0 Å². The van der Waals surface area contributed by atoms with Crippen molar-refractivity contribution in [2.75, 3.05) is 33.5 Å². The Morgan fingerprint density at radius 1 is 1.17 bits per heavy atom. The largest absolute Gasteiger partial charge is 0.479 e. The van der Waals surface area contributed by atoms with Gasteiger partial charge in [0.25, 0.3) is 0 Å². The molecule has 0 rings (SSSR count). The molecule has 0 saturated carbocycles. The molecule has 0 saturated heterocycles. The first-order valence-corrected chi connectivity index (χ1v) is 5.31. The van der Waals surface area contributed by atoms with E-state index in [1.807, 2.05) is 0 Å². The Kier molecular flexibility index (Phi) is 8.81. The molecule has 0 amide bonds. The fourth-order valence-electron chi connectivity index (χ4n) is 0.967. The highest BCUT2D eigenvalue weighted by Crippen LogP contribution is 2.01. The summed E-state index contributed by atoms with van der Waals surface area (Å²) in [6.45, 7) is 2.41. The van der Waals surface area contributed by atoms with E-state index in [4.69, 9.17) is 24.4 Å². The standard InChI is InChI=1S/C11H18O7/c1-8(10(12)13)7-9(11(14)15)18-6-5-17-4-3-16-2/h7,9H,3-6H2,1-2H3,(H,12,13)(H,14,15). The first kappa shape index (κ1) is 16.6. The minimum atomic E-state index is -1.29. The number of carbonyl (C=O) groups is 2. The van der Waals surface area contributed by atoms with E-state index in [2.05, 4.69) is 0 Å². The Labute approximate surface area is 105 Å². The van der Waals surface area contributed by atoms with Crippen molar-refractivity contribution in [3.8, 4) is 0 Å². The van der Waals surface area contributed by atoms with Gasteiger partial charge in [0.15, 0.2) is 6.10 Å². The third-order valence-electron chi connectivity index (χ3n) is 1.94. The number of methoxy groups -OCH3 is 1. The molecule has 0 bridgehead atoms. The van der Waals surface area contributed by atoms with Crippen molar-refractivity contribution in [2.45, 2.75) is 13.0 Å². The second-order valence-electron chi connectivity index (χ2n) is 3.39. The van der Waals surface area contributed by atoms with Crippen LogP contribution in [0.15, 0.2) is 11.6 Å². The van der Waals surface area contributed by atoms with Crippen molar-refractivity contribution >= 4 is 11.9 Å². The van der Waals surface area contributed by atoms with Gasteiger partial charge in [-0.3, -0.25) is 0 Å². The van der Waals surface area contributed by atoms with Crippen LogP contribution >= 0.6 is 0 Å². The number of rotatable bonds is 10. The van der Waals surface area contributed by atoms with Crippen LogP contribution in [-0.4, -0.2) is 61.8 Å². The monoisotopic (exact) mass is 262 g/mol. The zero-order valence-corrected chi connectivity index (χ0v) is 10.4. The molecule has 7 heteroatoms. The molecule has 0 aliphatic heterocycles. The lowest BCUT2D eigenvalue weighted by Crippen LogP contribution is -2.24. The van der Waals surface area contributed by atoms with Gasteiger partial charge >= 0.3 is 11.9 Å². The normalized spacial score (nSPS) is 13.3. The molecule has 7 nitrogen and oxygen atoms in total. The molecule has 1 atom stereocenters. The van der Waals surface area contributed by atoms with Crippen molar-refractivity contribution in [3.05, 3.63) is 11.6 Å². The summed E-state index contributed by atoms with van der Waals surface area (Å²) in [4.78, 5) is 21.4. The Morgan fingerprint density at radius 3 is 2.28 bits per heavy atom. The third-order valence-corrected chi connectivity index (χ3v) is 1.94. The predicted molar refractivity (Wildman–Crippen MR) is 61.5 cm³/mol. The number of aliphatic carboxylic acids is 2. The molecule has 0 spiro atoms. The highest BCUT2D eigenvalue weighted by Gasteiger charge is 2.16. The van der Waals surface area contributed by atoms with E-state index in [1.165, 1.54) is 6.92 Å². The molecule has 0 fully saturated rings. The van der Waals surface area contributed by atoms with Crippen LogP contribution in [-0.2, 0) is 23.8 Å². The molecule has 0 aromatic carbocycles. The zero-order valence-electron chi connectivity index (χ0n) is 10.4. The number of carboxylic acids is 2. The second kappa shape index (κ2) is 9.58. The topological polar surface area (TPSA) is 102 Å². The summed E-state index contributed by atoms with van der Waals surface area (Å²) in [6, 6.07) is 0. The summed E-state index contributed by atoms with van der Waals surface area (Å²) >= 11 is 0. The van der Waals surface area contributed by atoms with Crippen LogP contribution in [0.2, 0.25) is 0 Å². The third kappa shape index (κ3) is 7.77. The summed E-state index contributed by atoms with van der Waals surface area (Å²) in [6.07, 6.45) is -0.244. The Bertz CT molecular complexity index is 298. The smallest absolute Gasteiger partial charge is 0.336 e. The van der Waals surface area contributed by atoms with Gasteiger partial charge in [0.1, 0.15) is 0 Å². The quantitative estimate of drug-likeness (QED) is 0.426. The lowest BCUT2D eigenvalue weighted by atomic mass is 10.2. The SMILES string of the molecule is COCCOCCOC(C=C(C)C(=O)O)C(=O)O. The Balaban J connectivity index is 4.03. The molecule has 0 aliphatic carbocycles. The lowest BCUT2D eigenvalue weighted by Gasteiger charge is -2.10. The van der Waals surface area contributed by atoms with E-state index in [0.717, 1.165) is 6.08 Å². The number of hydrogen-bond donors (Lipinski definition) is 2. The van der Waals surface area contributed by atoms with Gasteiger partial charge in [-0.2, -0.15) is 0 Å². The average molecular weight is 262 g/mol. The second-order valence-corrected chi connectivity index (χ2v) is 3.39. The van der Waals surface area contributed by atoms with Gasteiger partial charge < -0.3 is 24.4 Å². The highest BCUT2D eigenvalue weighted by atomic mass is 16.6. The highest BCUT2D eigenvalue weighted by molar-refractivity contribution is 5.87. The van der Waals surface area contributed by atoms with Gasteiger partial charge in [0, 0.05) is 12.7 Å². The van der Waals surface area contributed by atoms with Gasteiger partial charge in [0.2, 0.25) is 0 Å². The first-order valence-electron chi connectivity index (χ1n) is 5.31. The molecular formula is C11H18O7. The average Bonchev–Trinajstić information content (AvgIpc) is 2.31. The van der Waals surface area contributed by atoms with Crippen LogP contribution in [0.5, 0.6) is 0 Å². The summed E-state index contributed by atoms with van der Waals surface area (Å²) in [7, 11) is 1.54. The van der Waals surface area contributed by atoms with E-state index in [-0.39, 0.29) is 18.8 Å². The summed E-state index contributed by atoms with van der Waals surface area (Å²) in [5.74, 6) is -2.42. The van der Waals surface area contributed by atoms with Crippen LogP contribution < -0.4 is 0 Å². The van der Waals surface area contributed by atoms with Crippen molar-refractivity contribution < 1.29 is 34.0 Å². The van der Waals surface area contributed by atoms with E-state index >= 15 is 0 Å².